The first-order valence-corrected chi connectivity index (χ1v) is 10.9. The van der Waals surface area contributed by atoms with Gasteiger partial charge in [0.25, 0.3) is 0 Å². The van der Waals surface area contributed by atoms with Crippen LogP contribution in [0.2, 0.25) is 0 Å². The third-order valence-corrected chi connectivity index (χ3v) is 4.52. The van der Waals surface area contributed by atoms with Gasteiger partial charge in [0, 0.05) is 14.2 Å². The molecule has 1 aliphatic rings. The summed E-state index contributed by atoms with van der Waals surface area (Å²) in [5.74, 6) is 0.122. The molecular formula is C23H33N5O5. The first-order chi connectivity index (χ1) is 16.0. The molecule has 2 heterocycles. The number of anilines is 1. The Labute approximate surface area is 194 Å². The van der Waals surface area contributed by atoms with Crippen molar-refractivity contribution in [2.75, 3.05) is 32.7 Å². The molecule has 0 aliphatic heterocycles. The highest BCUT2D eigenvalue weighted by Crippen LogP contribution is 2.24. The molecule has 10 nitrogen and oxygen atoms in total. The molecule has 0 fully saturated rings. The van der Waals surface area contributed by atoms with Crippen molar-refractivity contribution in [1.29, 1.82) is 0 Å². The predicted molar refractivity (Wildman–Crippen MR) is 126 cm³/mol. The molecule has 0 bridgehead atoms. The maximum atomic E-state index is 11.6. The van der Waals surface area contributed by atoms with Gasteiger partial charge in [-0.2, -0.15) is 15.0 Å². The lowest BCUT2D eigenvalue weighted by Gasteiger charge is -2.05. The molecule has 0 saturated heterocycles. The zero-order chi connectivity index (χ0) is 24.1. The number of nitrogens with two attached hydrogens (primary N) is 1. The second-order valence-corrected chi connectivity index (χ2v) is 7.26. The summed E-state index contributed by atoms with van der Waals surface area (Å²) in [6, 6.07) is 0.110. The van der Waals surface area contributed by atoms with E-state index in [0.717, 1.165) is 25.7 Å². The van der Waals surface area contributed by atoms with Crippen LogP contribution in [0.15, 0.2) is 36.0 Å². The number of carbonyl (C=O) groups excluding carboxylic acids is 1. The first-order valence-electron chi connectivity index (χ1n) is 10.9. The zero-order valence-corrected chi connectivity index (χ0v) is 19.7. The van der Waals surface area contributed by atoms with Gasteiger partial charge in [0.1, 0.15) is 6.61 Å². The highest BCUT2D eigenvalue weighted by atomic mass is 16.7. The van der Waals surface area contributed by atoms with Crippen molar-refractivity contribution in [1.82, 2.24) is 19.5 Å². The predicted octanol–water partition coefficient (Wildman–Crippen LogP) is 4.13. The van der Waals surface area contributed by atoms with Crippen LogP contribution in [-0.4, -0.2) is 52.6 Å². The van der Waals surface area contributed by atoms with E-state index in [1.807, 2.05) is 6.92 Å². The average Bonchev–Trinajstić information content (AvgIpc) is 3.08. The molecule has 0 unspecified atom stereocenters. The van der Waals surface area contributed by atoms with E-state index < -0.39 is 6.16 Å². The number of hydrogen-bond donors (Lipinski definition) is 1. The van der Waals surface area contributed by atoms with Gasteiger partial charge in [0.15, 0.2) is 17.0 Å². The molecular weight excluding hydrogens is 426 g/mol. The van der Waals surface area contributed by atoms with Gasteiger partial charge in [0.05, 0.1) is 13.2 Å². The Morgan fingerprint density at radius 1 is 1.15 bits per heavy atom. The third-order valence-electron chi connectivity index (χ3n) is 4.52. The van der Waals surface area contributed by atoms with E-state index in [1.54, 1.807) is 14.2 Å². The fraction of sp³-hybridized carbons (Fsp3) is 0.478. The SMILES string of the molecule is C/C1=C/C/C=C\C=CC1.CCCCOC(=O)Oc1nc2c(N)nc(OCCOC)nc2n1C. The highest BCUT2D eigenvalue weighted by Gasteiger charge is 2.19. The summed E-state index contributed by atoms with van der Waals surface area (Å²) in [6.45, 7) is 5.13. The number of fused-ring (bicyclic) bond motifs is 1. The Morgan fingerprint density at radius 2 is 1.94 bits per heavy atom. The fourth-order valence-corrected chi connectivity index (χ4v) is 2.66. The summed E-state index contributed by atoms with van der Waals surface area (Å²) in [7, 11) is 3.20. The molecule has 2 aromatic rings. The first kappa shape index (κ1) is 25.9. The number of imidazole rings is 1. The number of nitrogen functional groups attached to an aromatic ring is 1. The molecule has 0 aromatic carbocycles. The monoisotopic (exact) mass is 459 g/mol. The van der Waals surface area contributed by atoms with Crippen LogP contribution < -0.4 is 15.2 Å². The third kappa shape index (κ3) is 8.57. The molecule has 180 valence electrons. The largest absolute Gasteiger partial charge is 0.516 e. The van der Waals surface area contributed by atoms with Gasteiger partial charge in [-0.15, -0.1) is 0 Å². The molecule has 0 saturated carbocycles. The number of nitrogens with zero attached hydrogens (tertiary/aromatic N) is 4. The Morgan fingerprint density at radius 3 is 2.70 bits per heavy atom. The molecule has 0 atom stereocenters. The van der Waals surface area contributed by atoms with Crippen LogP contribution >= 0.6 is 0 Å². The molecule has 33 heavy (non-hydrogen) atoms. The van der Waals surface area contributed by atoms with E-state index in [0.29, 0.717) is 24.4 Å². The summed E-state index contributed by atoms with van der Waals surface area (Å²) in [5, 5.41) is 0. The molecule has 3 rings (SSSR count). The van der Waals surface area contributed by atoms with Crippen LogP contribution in [0.5, 0.6) is 12.0 Å². The highest BCUT2D eigenvalue weighted by molar-refractivity contribution is 5.83. The van der Waals surface area contributed by atoms with E-state index in [-0.39, 0.29) is 24.4 Å². The summed E-state index contributed by atoms with van der Waals surface area (Å²) >= 11 is 0. The van der Waals surface area contributed by atoms with Gasteiger partial charge >= 0.3 is 18.2 Å². The molecule has 2 aromatic heterocycles. The number of aromatic nitrogens is 4. The van der Waals surface area contributed by atoms with Crippen LogP contribution in [0.1, 0.15) is 39.5 Å². The Balaban J connectivity index is 0.000000357. The van der Waals surface area contributed by atoms with Crippen molar-refractivity contribution in [3.63, 3.8) is 0 Å². The number of allylic oxidation sites excluding steroid dienone is 6. The van der Waals surface area contributed by atoms with E-state index in [2.05, 4.69) is 52.3 Å². The Kier molecular flexibility index (Phi) is 10.9. The minimum Gasteiger partial charge on any atom is -0.461 e. The van der Waals surface area contributed by atoms with Crippen LogP contribution in [0.25, 0.3) is 11.2 Å². The summed E-state index contributed by atoms with van der Waals surface area (Å²) < 4.78 is 21.7. The number of unbranched alkanes of at least 4 members (excludes halogenated alkanes) is 1. The van der Waals surface area contributed by atoms with Crippen LogP contribution in [0, 0.1) is 0 Å². The van der Waals surface area contributed by atoms with Gasteiger partial charge in [0.2, 0.25) is 0 Å². The van der Waals surface area contributed by atoms with E-state index >= 15 is 0 Å². The lowest BCUT2D eigenvalue weighted by molar-refractivity contribution is 0.0937. The van der Waals surface area contributed by atoms with Gasteiger partial charge in [-0.25, -0.2) is 4.79 Å². The second-order valence-electron chi connectivity index (χ2n) is 7.26. The Hall–Kier alpha value is -3.40. The van der Waals surface area contributed by atoms with Crippen molar-refractivity contribution in [2.45, 2.75) is 39.5 Å². The molecule has 0 radical (unpaired) electrons. The lowest BCUT2D eigenvalue weighted by Crippen LogP contribution is -2.13. The normalized spacial score (nSPS) is 15.5. The number of hydrogen-bond acceptors (Lipinski definition) is 9. The van der Waals surface area contributed by atoms with Crippen molar-refractivity contribution in [2.24, 2.45) is 7.05 Å². The number of ether oxygens (including phenoxy) is 4. The second kappa shape index (κ2) is 13.9. The van der Waals surface area contributed by atoms with Crippen molar-refractivity contribution < 1.29 is 23.7 Å². The fourth-order valence-electron chi connectivity index (χ4n) is 2.66. The van der Waals surface area contributed by atoms with Crippen molar-refractivity contribution >= 4 is 23.1 Å². The van der Waals surface area contributed by atoms with Gasteiger partial charge < -0.3 is 24.7 Å². The topological polar surface area (TPSA) is 124 Å². The van der Waals surface area contributed by atoms with Gasteiger partial charge in [-0.1, -0.05) is 49.3 Å². The van der Waals surface area contributed by atoms with Gasteiger partial charge in [-0.3, -0.25) is 4.57 Å². The summed E-state index contributed by atoms with van der Waals surface area (Å²) in [5.41, 5.74) is 8.02. The molecule has 1 aliphatic carbocycles. The minimum atomic E-state index is -0.829. The summed E-state index contributed by atoms with van der Waals surface area (Å²) in [6.07, 6.45) is 13.9. The number of methoxy groups -OCH3 is 1. The number of carbonyl (C=O) groups is 1. The van der Waals surface area contributed by atoms with Crippen LogP contribution in [-0.2, 0) is 16.5 Å². The standard InChI is InChI=1S/C14H21N5O5.C9H12/c1-4-5-6-23-14(20)24-13-16-9-10(15)17-12(22-8-7-21-3)18-11(9)19(13)2;1-9-7-5-3-2-4-6-8-9/h4-8H2,1-3H3,(H2,15,17,18);2-5,8H,6-7H2,1H3/b;4-2-,5-3?,9-8-. The van der Waals surface area contributed by atoms with Crippen molar-refractivity contribution in [3.8, 4) is 12.0 Å². The van der Waals surface area contributed by atoms with Crippen molar-refractivity contribution in [3.05, 3.63) is 36.0 Å². The smallest absolute Gasteiger partial charge is 0.461 e. The molecule has 10 heteroatoms. The molecule has 0 amide bonds. The maximum Gasteiger partial charge on any atom is 0.516 e. The Bertz CT molecular complexity index is 997. The number of aryl methyl sites for hydroxylation is 1. The maximum absolute atomic E-state index is 11.6. The van der Waals surface area contributed by atoms with E-state index in [1.165, 1.54) is 10.1 Å². The van der Waals surface area contributed by atoms with Gasteiger partial charge in [-0.05, 0) is 26.2 Å². The lowest BCUT2D eigenvalue weighted by atomic mass is 10.1. The number of rotatable bonds is 8. The quantitative estimate of drug-likeness (QED) is 0.352. The van der Waals surface area contributed by atoms with Crippen LogP contribution in [0.4, 0.5) is 10.6 Å². The molecule has 2 N–H and O–H groups in total. The zero-order valence-electron chi connectivity index (χ0n) is 19.7. The molecule has 0 spiro atoms. The van der Waals surface area contributed by atoms with E-state index in [4.69, 9.17) is 24.7 Å². The summed E-state index contributed by atoms with van der Waals surface area (Å²) in [4.78, 5) is 24.0. The van der Waals surface area contributed by atoms with E-state index in [9.17, 15) is 4.79 Å². The average molecular weight is 460 g/mol. The minimum absolute atomic E-state index is 0.0153. The van der Waals surface area contributed by atoms with Crippen LogP contribution in [0.3, 0.4) is 0 Å².